The molecule has 0 atom stereocenters. The molecule has 0 fully saturated rings. The van der Waals surface area contributed by atoms with Crippen molar-refractivity contribution >= 4 is 0 Å². The van der Waals surface area contributed by atoms with Crippen molar-refractivity contribution in [1.82, 2.24) is 0 Å². The molecule has 0 aromatic rings. The molecular weight excluding hydrogens is 192 g/mol. The quantitative estimate of drug-likeness (QED) is 0.497. The molecule has 0 heterocycles. The predicted molar refractivity (Wildman–Crippen MR) is 75.5 cm³/mol. The van der Waals surface area contributed by atoms with E-state index >= 15 is 0 Å². The molecule has 0 unspecified atom stereocenters. The maximum absolute atomic E-state index is 2.43. The van der Waals surface area contributed by atoms with Crippen molar-refractivity contribution in [2.24, 2.45) is 10.8 Å². The molecule has 0 saturated heterocycles. The zero-order chi connectivity index (χ0) is 12.8. The first kappa shape index (κ1) is 16.0. The van der Waals surface area contributed by atoms with Crippen LogP contribution in [0.25, 0.3) is 0 Å². The van der Waals surface area contributed by atoms with Crippen molar-refractivity contribution in [3.05, 3.63) is 5.92 Å². The molecule has 0 aliphatic carbocycles. The van der Waals surface area contributed by atoms with Gasteiger partial charge in [0, 0.05) is 0 Å². The molecule has 0 N–H and O–H groups in total. The van der Waals surface area contributed by atoms with Crippen molar-refractivity contribution in [3.63, 3.8) is 0 Å². The third-order valence-electron chi connectivity index (χ3n) is 3.31. The third-order valence-corrected chi connectivity index (χ3v) is 3.31. The van der Waals surface area contributed by atoms with Gasteiger partial charge in [0.25, 0.3) is 0 Å². The van der Waals surface area contributed by atoms with Crippen LogP contribution < -0.4 is 0 Å². The fourth-order valence-corrected chi connectivity index (χ4v) is 2.14. The van der Waals surface area contributed by atoms with Gasteiger partial charge in [-0.2, -0.15) is 0 Å². The van der Waals surface area contributed by atoms with Gasteiger partial charge in [-0.05, 0) is 42.4 Å². The van der Waals surface area contributed by atoms with Gasteiger partial charge in [0.1, 0.15) is 0 Å². The van der Waals surface area contributed by atoms with Crippen LogP contribution >= 0.6 is 0 Å². The largest absolute Gasteiger partial charge is 0.0602 e. The summed E-state index contributed by atoms with van der Waals surface area (Å²) < 4.78 is 0. The Morgan fingerprint density at radius 2 is 1.25 bits per heavy atom. The van der Waals surface area contributed by atoms with Crippen molar-refractivity contribution in [3.8, 4) is 0 Å². The molecule has 1 radical (unpaired) electrons. The third kappa shape index (κ3) is 10.5. The Labute approximate surface area is 104 Å². The van der Waals surface area contributed by atoms with E-state index in [1.54, 1.807) is 5.92 Å². The first-order valence-electron chi connectivity index (χ1n) is 6.91. The molecule has 0 spiro atoms. The van der Waals surface area contributed by atoms with Gasteiger partial charge < -0.3 is 0 Å². The summed E-state index contributed by atoms with van der Waals surface area (Å²) in [5, 5.41) is 0. The molecule has 16 heavy (non-hydrogen) atoms. The summed E-state index contributed by atoms with van der Waals surface area (Å²) in [5.74, 6) is 1.57. The Bertz CT molecular complexity index is 169. The fourth-order valence-electron chi connectivity index (χ4n) is 2.14. The molecule has 0 heteroatoms. The molecule has 0 aromatic heterocycles. The van der Waals surface area contributed by atoms with Gasteiger partial charge in [-0.15, -0.1) is 0 Å². The molecule has 0 aliphatic heterocycles. The molecule has 0 amide bonds. The molecule has 0 nitrogen and oxygen atoms in total. The monoisotopic (exact) mass is 225 g/mol. The minimum Gasteiger partial charge on any atom is -0.0602 e. The standard InChI is InChI=1S/C16H33/c1-14(2)10-8-12-16(6,7)13-9-11-15(3,4)5/h8-13H2,1-7H3. The van der Waals surface area contributed by atoms with Crippen LogP contribution in [0.2, 0.25) is 0 Å². The zero-order valence-electron chi connectivity index (χ0n) is 12.7. The van der Waals surface area contributed by atoms with E-state index in [1.807, 2.05) is 0 Å². The van der Waals surface area contributed by atoms with Crippen molar-refractivity contribution < 1.29 is 0 Å². The van der Waals surface area contributed by atoms with Crippen LogP contribution in [0.1, 0.15) is 87.0 Å². The molecule has 97 valence electrons. The van der Waals surface area contributed by atoms with Crippen LogP contribution in [0, 0.1) is 16.7 Å². The van der Waals surface area contributed by atoms with Crippen molar-refractivity contribution in [1.29, 1.82) is 0 Å². The van der Waals surface area contributed by atoms with Crippen molar-refractivity contribution in [2.75, 3.05) is 0 Å². The molecule has 0 bridgehead atoms. The fraction of sp³-hybridized carbons (Fsp3) is 0.938. The second-order valence-electron chi connectivity index (χ2n) is 7.64. The van der Waals surface area contributed by atoms with Gasteiger partial charge in [0.05, 0.1) is 0 Å². The highest BCUT2D eigenvalue weighted by atomic mass is 14.2. The van der Waals surface area contributed by atoms with E-state index in [4.69, 9.17) is 0 Å². The molecular formula is C16H33. The van der Waals surface area contributed by atoms with Crippen LogP contribution in [0.15, 0.2) is 0 Å². The topological polar surface area (TPSA) is 0 Å². The first-order valence-corrected chi connectivity index (χ1v) is 6.91. The highest BCUT2D eigenvalue weighted by molar-refractivity contribution is 4.78. The Morgan fingerprint density at radius 1 is 0.750 bits per heavy atom. The summed E-state index contributed by atoms with van der Waals surface area (Å²) in [4.78, 5) is 0. The number of rotatable bonds is 7. The normalized spacial score (nSPS) is 13.5. The van der Waals surface area contributed by atoms with Gasteiger partial charge in [-0.25, -0.2) is 0 Å². The van der Waals surface area contributed by atoms with E-state index in [0.717, 1.165) is 0 Å². The lowest BCUT2D eigenvalue weighted by Crippen LogP contribution is -2.13. The van der Waals surface area contributed by atoms with Crippen LogP contribution in [0.3, 0.4) is 0 Å². The Morgan fingerprint density at radius 3 is 1.69 bits per heavy atom. The van der Waals surface area contributed by atoms with E-state index < -0.39 is 0 Å². The Hall–Kier alpha value is 0. The van der Waals surface area contributed by atoms with E-state index in [9.17, 15) is 0 Å². The van der Waals surface area contributed by atoms with E-state index in [-0.39, 0.29) is 0 Å². The summed E-state index contributed by atoms with van der Waals surface area (Å²) in [6.07, 6.45) is 8.17. The number of hydrogen-bond donors (Lipinski definition) is 0. The molecule has 0 saturated carbocycles. The first-order chi connectivity index (χ1) is 7.12. The molecule has 0 aromatic carbocycles. The second-order valence-corrected chi connectivity index (χ2v) is 7.64. The van der Waals surface area contributed by atoms with E-state index in [2.05, 4.69) is 48.5 Å². The van der Waals surface area contributed by atoms with Gasteiger partial charge >= 0.3 is 0 Å². The van der Waals surface area contributed by atoms with Gasteiger partial charge in [-0.3, -0.25) is 0 Å². The Balaban J connectivity index is 3.70. The lowest BCUT2D eigenvalue weighted by atomic mass is 9.79. The Kier molecular flexibility index (Phi) is 6.67. The maximum Gasteiger partial charge on any atom is -0.0303 e. The van der Waals surface area contributed by atoms with E-state index in [0.29, 0.717) is 10.8 Å². The summed E-state index contributed by atoms with van der Waals surface area (Å²) >= 11 is 0. The maximum atomic E-state index is 2.43. The number of hydrogen-bond acceptors (Lipinski definition) is 0. The van der Waals surface area contributed by atoms with Crippen LogP contribution in [0.4, 0.5) is 0 Å². The van der Waals surface area contributed by atoms with E-state index in [1.165, 1.54) is 38.5 Å². The van der Waals surface area contributed by atoms with Gasteiger partial charge in [0.15, 0.2) is 0 Å². The highest BCUT2D eigenvalue weighted by Gasteiger charge is 2.19. The minimum atomic E-state index is 0.504. The zero-order valence-corrected chi connectivity index (χ0v) is 12.7. The smallest absolute Gasteiger partial charge is 0.0303 e. The second kappa shape index (κ2) is 6.67. The minimum absolute atomic E-state index is 0.504. The average molecular weight is 225 g/mol. The summed E-state index contributed by atoms with van der Waals surface area (Å²) in [7, 11) is 0. The molecule has 0 aliphatic rings. The van der Waals surface area contributed by atoms with Crippen LogP contribution in [-0.4, -0.2) is 0 Å². The summed E-state index contributed by atoms with van der Waals surface area (Å²) in [6, 6.07) is 0. The SMILES string of the molecule is C[C](C)CCCC(C)(C)CCCC(C)(C)C. The van der Waals surface area contributed by atoms with Crippen LogP contribution in [-0.2, 0) is 0 Å². The predicted octanol–water partition coefficient (Wildman–Crippen LogP) is 6.01. The molecule has 0 rings (SSSR count). The van der Waals surface area contributed by atoms with Crippen LogP contribution in [0.5, 0.6) is 0 Å². The average Bonchev–Trinajstić information content (AvgIpc) is 1.99. The van der Waals surface area contributed by atoms with Gasteiger partial charge in [0.2, 0.25) is 0 Å². The summed E-state index contributed by atoms with van der Waals surface area (Å²) in [5.41, 5.74) is 1.05. The summed E-state index contributed by atoms with van der Waals surface area (Å²) in [6.45, 7) is 16.4. The van der Waals surface area contributed by atoms with Gasteiger partial charge in [-0.1, -0.05) is 61.3 Å². The van der Waals surface area contributed by atoms with Crippen molar-refractivity contribution in [2.45, 2.75) is 87.0 Å². The lowest BCUT2D eigenvalue weighted by molar-refractivity contribution is 0.259. The highest BCUT2D eigenvalue weighted by Crippen LogP contribution is 2.33. The lowest BCUT2D eigenvalue weighted by Gasteiger charge is -2.27.